The van der Waals surface area contributed by atoms with Crippen molar-refractivity contribution in [2.45, 2.75) is 13.3 Å². The van der Waals surface area contributed by atoms with Gasteiger partial charge in [0.1, 0.15) is 5.82 Å². The second kappa shape index (κ2) is 9.41. The molecule has 1 saturated heterocycles. The number of hydrogen-bond acceptors (Lipinski definition) is 4. The Morgan fingerprint density at radius 2 is 1.89 bits per heavy atom. The maximum atomic E-state index is 12.0. The molecule has 8 heteroatoms. The van der Waals surface area contributed by atoms with Gasteiger partial charge in [0.25, 0.3) is 0 Å². The molecule has 3 N–H and O–H groups in total. The lowest BCUT2D eigenvalue weighted by Crippen LogP contribution is -2.51. The van der Waals surface area contributed by atoms with Crippen molar-refractivity contribution in [1.82, 2.24) is 9.88 Å². The highest BCUT2D eigenvalue weighted by atomic mass is 35.5. The van der Waals surface area contributed by atoms with E-state index in [1.54, 1.807) is 12.3 Å². The Hall–Kier alpha value is -2.80. The Bertz CT molecular complexity index is 814. The van der Waals surface area contributed by atoms with Crippen LogP contribution in [0.1, 0.15) is 12.0 Å². The largest absolute Gasteiger partial charge is 0.370 e. The number of nitrogens with zero attached hydrogens (tertiary/aromatic N) is 4. The van der Waals surface area contributed by atoms with Gasteiger partial charge in [0, 0.05) is 49.5 Å². The van der Waals surface area contributed by atoms with Crippen molar-refractivity contribution < 1.29 is 4.79 Å². The van der Waals surface area contributed by atoms with E-state index in [4.69, 9.17) is 17.3 Å². The van der Waals surface area contributed by atoms with Crippen LogP contribution in [0.2, 0.25) is 5.02 Å². The average molecular weight is 401 g/mol. The summed E-state index contributed by atoms with van der Waals surface area (Å²) in [5.41, 5.74) is 8.31. The molecule has 148 valence electrons. The number of guanidine groups is 1. The van der Waals surface area contributed by atoms with E-state index in [-0.39, 0.29) is 12.3 Å². The fourth-order valence-corrected chi connectivity index (χ4v) is 3.09. The number of benzene rings is 1. The van der Waals surface area contributed by atoms with Crippen LogP contribution >= 0.6 is 11.6 Å². The Balaban J connectivity index is 1.42. The molecule has 1 aromatic heterocycles. The van der Waals surface area contributed by atoms with Gasteiger partial charge in [-0.2, -0.15) is 0 Å². The normalized spacial score (nSPS) is 14.9. The fraction of sp³-hybridized carbons (Fsp3) is 0.350. The van der Waals surface area contributed by atoms with Gasteiger partial charge in [0.15, 0.2) is 5.96 Å². The Morgan fingerprint density at radius 3 is 2.54 bits per heavy atom. The summed E-state index contributed by atoms with van der Waals surface area (Å²) < 4.78 is 0. The van der Waals surface area contributed by atoms with E-state index in [9.17, 15) is 4.79 Å². The lowest BCUT2D eigenvalue weighted by Gasteiger charge is -2.36. The molecular formula is C20H25ClN6O. The number of piperazine rings is 1. The monoisotopic (exact) mass is 400 g/mol. The van der Waals surface area contributed by atoms with Gasteiger partial charge in [-0.05, 0) is 42.8 Å². The van der Waals surface area contributed by atoms with Gasteiger partial charge in [0.2, 0.25) is 5.91 Å². The first-order chi connectivity index (χ1) is 13.5. The van der Waals surface area contributed by atoms with Crippen LogP contribution in [0, 0.1) is 6.92 Å². The molecule has 1 aromatic carbocycles. The standard InChI is InChI=1S/C20H25ClN6O/c1-15-2-7-18(24-14-15)25-19(28)8-9-23-20(22)27-12-10-26(11-13-27)17-5-3-16(21)4-6-17/h2-7,14H,8-13H2,1H3,(H2,22,23)(H,24,25,28). The molecule has 2 heterocycles. The number of aryl methyl sites for hydroxylation is 1. The number of nitrogens with one attached hydrogen (secondary N) is 1. The SMILES string of the molecule is Cc1ccc(NC(=O)CCN=C(N)N2CCN(c3ccc(Cl)cc3)CC2)nc1. The molecule has 1 amide bonds. The van der Waals surface area contributed by atoms with E-state index < -0.39 is 0 Å². The number of carbonyl (C=O) groups excluding carboxylic acids is 1. The summed E-state index contributed by atoms with van der Waals surface area (Å²) in [5.74, 6) is 0.906. The first kappa shape index (κ1) is 19.9. The van der Waals surface area contributed by atoms with Crippen molar-refractivity contribution >= 4 is 35.0 Å². The number of rotatable bonds is 5. The molecule has 0 spiro atoms. The summed E-state index contributed by atoms with van der Waals surface area (Å²) in [4.78, 5) is 24.8. The van der Waals surface area contributed by atoms with Gasteiger partial charge < -0.3 is 20.9 Å². The number of nitrogens with two attached hydrogens (primary N) is 1. The van der Waals surface area contributed by atoms with Gasteiger partial charge in [-0.25, -0.2) is 4.98 Å². The molecular weight excluding hydrogens is 376 g/mol. The average Bonchev–Trinajstić information content (AvgIpc) is 2.70. The van der Waals surface area contributed by atoms with Crippen LogP contribution in [-0.4, -0.2) is 54.5 Å². The third kappa shape index (κ3) is 5.60. The Kier molecular flexibility index (Phi) is 6.71. The van der Waals surface area contributed by atoms with E-state index in [1.165, 1.54) is 0 Å². The van der Waals surface area contributed by atoms with Gasteiger partial charge >= 0.3 is 0 Å². The second-order valence-electron chi connectivity index (χ2n) is 6.71. The summed E-state index contributed by atoms with van der Waals surface area (Å²) in [6, 6.07) is 11.5. The van der Waals surface area contributed by atoms with Crippen LogP contribution in [-0.2, 0) is 4.79 Å². The number of hydrogen-bond donors (Lipinski definition) is 2. The number of anilines is 2. The molecule has 2 aromatic rings. The van der Waals surface area contributed by atoms with Crippen molar-refractivity contribution in [2.24, 2.45) is 10.7 Å². The number of aliphatic imine (C=N–C) groups is 1. The molecule has 0 unspecified atom stereocenters. The summed E-state index contributed by atoms with van der Waals surface area (Å²) in [5, 5.41) is 3.50. The molecule has 3 rings (SSSR count). The fourth-order valence-electron chi connectivity index (χ4n) is 2.96. The number of amides is 1. The van der Waals surface area contributed by atoms with Crippen LogP contribution in [0.15, 0.2) is 47.6 Å². The van der Waals surface area contributed by atoms with Crippen LogP contribution in [0.4, 0.5) is 11.5 Å². The molecule has 0 saturated carbocycles. The summed E-state index contributed by atoms with van der Waals surface area (Å²) in [7, 11) is 0. The van der Waals surface area contributed by atoms with Gasteiger partial charge in [0.05, 0.1) is 6.54 Å². The molecule has 0 radical (unpaired) electrons. The van der Waals surface area contributed by atoms with Crippen LogP contribution in [0.3, 0.4) is 0 Å². The summed E-state index contributed by atoms with van der Waals surface area (Å²) >= 11 is 5.95. The molecule has 1 fully saturated rings. The smallest absolute Gasteiger partial charge is 0.227 e. The molecule has 0 bridgehead atoms. The van der Waals surface area contributed by atoms with E-state index >= 15 is 0 Å². The predicted octanol–water partition coefficient (Wildman–Crippen LogP) is 2.51. The first-order valence-electron chi connectivity index (χ1n) is 9.29. The van der Waals surface area contributed by atoms with Gasteiger partial charge in [-0.1, -0.05) is 17.7 Å². The minimum absolute atomic E-state index is 0.125. The highest BCUT2D eigenvalue weighted by Gasteiger charge is 2.18. The lowest BCUT2D eigenvalue weighted by atomic mass is 10.2. The minimum atomic E-state index is -0.125. The van der Waals surface area contributed by atoms with Crippen molar-refractivity contribution in [3.8, 4) is 0 Å². The molecule has 28 heavy (non-hydrogen) atoms. The van der Waals surface area contributed by atoms with Crippen LogP contribution < -0.4 is 16.0 Å². The van der Waals surface area contributed by atoms with Gasteiger partial charge in [-0.3, -0.25) is 9.79 Å². The second-order valence-corrected chi connectivity index (χ2v) is 7.15. The number of pyridine rings is 1. The van der Waals surface area contributed by atoms with Crippen molar-refractivity contribution in [1.29, 1.82) is 0 Å². The Labute approximate surface area is 170 Å². The molecule has 0 atom stereocenters. The Morgan fingerprint density at radius 1 is 1.18 bits per heavy atom. The predicted molar refractivity (Wildman–Crippen MR) is 114 cm³/mol. The zero-order valence-corrected chi connectivity index (χ0v) is 16.7. The van der Waals surface area contributed by atoms with E-state index in [0.29, 0.717) is 18.3 Å². The van der Waals surface area contributed by atoms with E-state index in [2.05, 4.69) is 20.2 Å². The van der Waals surface area contributed by atoms with Crippen LogP contribution in [0.5, 0.6) is 0 Å². The maximum absolute atomic E-state index is 12.0. The first-order valence-corrected chi connectivity index (χ1v) is 9.67. The topological polar surface area (TPSA) is 86.8 Å². The molecule has 1 aliphatic heterocycles. The number of carbonyl (C=O) groups is 1. The quantitative estimate of drug-likeness (QED) is 0.594. The maximum Gasteiger partial charge on any atom is 0.227 e. The zero-order chi connectivity index (χ0) is 19.9. The molecule has 1 aliphatic rings. The third-order valence-corrected chi connectivity index (χ3v) is 4.84. The highest BCUT2D eigenvalue weighted by Crippen LogP contribution is 2.19. The van der Waals surface area contributed by atoms with Gasteiger partial charge in [-0.15, -0.1) is 0 Å². The molecule has 0 aliphatic carbocycles. The van der Waals surface area contributed by atoms with E-state index in [1.807, 2.05) is 42.2 Å². The van der Waals surface area contributed by atoms with Crippen molar-refractivity contribution in [3.05, 3.63) is 53.2 Å². The third-order valence-electron chi connectivity index (χ3n) is 4.59. The van der Waals surface area contributed by atoms with Crippen molar-refractivity contribution in [2.75, 3.05) is 42.9 Å². The highest BCUT2D eigenvalue weighted by molar-refractivity contribution is 6.30. The number of halogens is 1. The summed E-state index contributed by atoms with van der Waals surface area (Å²) in [6.07, 6.45) is 1.98. The van der Waals surface area contributed by atoms with Crippen LogP contribution in [0.25, 0.3) is 0 Å². The van der Waals surface area contributed by atoms with E-state index in [0.717, 1.165) is 42.5 Å². The summed E-state index contributed by atoms with van der Waals surface area (Å²) in [6.45, 7) is 5.59. The minimum Gasteiger partial charge on any atom is -0.370 e. The lowest BCUT2D eigenvalue weighted by molar-refractivity contribution is -0.116. The zero-order valence-electron chi connectivity index (χ0n) is 15.9. The van der Waals surface area contributed by atoms with Crippen molar-refractivity contribution in [3.63, 3.8) is 0 Å². The number of aromatic nitrogens is 1. The molecule has 7 nitrogen and oxygen atoms in total.